The van der Waals surface area contributed by atoms with Crippen LogP contribution in [-0.4, -0.2) is 47.0 Å². The number of hydrogen-bond donors (Lipinski definition) is 3. The Kier molecular flexibility index (Phi) is 6.05. The Hall–Kier alpha value is -1.91. The van der Waals surface area contributed by atoms with Gasteiger partial charge in [-0.1, -0.05) is 6.42 Å². The molecule has 2 fully saturated rings. The van der Waals surface area contributed by atoms with Crippen LogP contribution in [0.1, 0.15) is 50.5 Å². The SMILES string of the molecule is CO[C@H]1CC[C@H](Nc2ncc(C#N)c(NC3CCC[C@@H]3CO)n2)CC1. The van der Waals surface area contributed by atoms with Crippen LogP contribution in [-0.2, 0) is 4.74 Å². The molecule has 2 atom stereocenters. The van der Waals surface area contributed by atoms with E-state index in [1.165, 1.54) is 0 Å². The van der Waals surface area contributed by atoms with Crippen molar-refractivity contribution in [3.05, 3.63) is 11.8 Å². The summed E-state index contributed by atoms with van der Waals surface area (Å²) in [6.07, 6.45) is 9.14. The Morgan fingerprint density at radius 3 is 2.72 bits per heavy atom. The minimum atomic E-state index is 0.164. The van der Waals surface area contributed by atoms with Crippen molar-refractivity contribution in [3.8, 4) is 6.07 Å². The van der Waals surface area contributed by atoms with Gasteiger partial charge in [-0.05, 0) is 38.5 Å². The third-order valence-electron chi connectivity index (χ3n) is 5.47. The van der Waals surface area contributed by atoms with Crippen molar-refractivity contribution in [1.82, 2.24) is 9.97 Å². The normalized spacial score (nSPS) is 29.2. The van der Waals surface area contributed by atoms with E-state index in [0.717, 1.165) is 44.9 Å². The smallest absolute Gasteiger partial charge is 0.224 e. The maximum atomic E-state index is 9.49. The molecule has 3 N–H and O–H groups in total. The fraction of sp³-hybridized carbons (Fsp3) is 0.722. The highest BCUT2D eigenvalue weighted by atomic mass is 16.5. The van der Waals surface area contributed by atoms with Gasteiger partial charge < -0.3 is 20.5 Å². The zero-order valence-corrected chi connectivity index (χ0v) is 14.7. The predicted octanol–water partition coefficient (Wildman–Crippen LogP) is 2.29. The molecule has 2 aliphatic rings. The highest BCUT2D eigenvalue weighted by Gasteiger charge is 2.28. The minimum absolute atomic E-state index is 0.164. The second-order valence-corrected chi connectivity index (χ2v) is 7.05. The van der Waals surface area contributed by atoms with Gasteiger partial charge in [0.05, 0.1) is 12.3 Å². The lowest BCUT2D eigenvalue weighted by atomic mass is 9.93. The van der Waals surface area contributed by atoms with Crippen LogP contribution in [0.2, 0.25) is 0 Å². The number of rotatable bonds is 6. The van der Waals surface area contributed by atoms with Crippen molar-refractivity contribution in [2.45, 2.75) is 63.1 Å². The van der Waals surface area contributed by atoms with E-state index in [1.54, 1.807) is 13.3 Å². The fourth-order valence-electron chi connectivity index (χ4n) is 3.89. The molecule has 0 aliphatic heterocycles. The van der Waals surface area contributed by atoms with E-state index in [-0.39, 0.29) is 18.6 Å². The number of hydrogen-bond acceptors (Lipinski definition) is 7. The number of aliphatic hydroxyl groups excluding tert-OH is 1. The first-order valence-corrected chi connectivity index (χ1v) is 9.17. The molecule has 1 heterocycles. The third-order valence-corrected chi connectivity index (χ3v) is 5.47. The number of ether oxygens (including phenoxy) is 1. The molecule has 2 saturated carbocycles. The summed E-state index contributed by atoms with van der Waals surface area (Å²) in [6, 6.07) is 2.65. The Morgan fingerprint density at radius 2 is 2.04 bits per heavy atom. The number of nitrogens with zero attached hydrogens (tertiary/aromatic N) is 3. The molecule has 25 heavy (non-hydrogen) atoms. The lowest BCUT2D eigenvalue weighted by molar-refractivity contribution is 0.0681. The zero-order valence-electron chi connectivity index (χ0n) is 14.7. The molecule has 0 saturated heterocycles. The maximum Gasteiger partial charge on any atom is 0.224 e. The van der Waals surface area contributed by atoms with Crippen LogP contribution in [0.4, 0.5) is 11.8 Å². The van der Waals surface area contributed by atoms with Crippen molar-refractivity contribution in [2.75, 3.05) is 24.4 Å². The topological polar surface area (TPSA) is 103 Å². The summed E-state index contributed by atoms with van der Waals surface area (Å²) in [4.78, 5) is 8.83. The van der Waals surface area contributed by atoms with Gasteiger partial charge in [-0.3, -0.25) is 0 Å². The van der Waals surface area contributed by atoms with Crippen LogP contribution < -0.4 is 10.6 Å². The number of nitriles is 1. The molecule has 7 heteroatoms. The van der Waals surface area contributed by atoms with Crippen molar-refractivity contribution < 1.29 is 9.84 Å². The van der Waals surface area contributed by atoms with Crippen LogP contribution in [0.3, 0.4) is 0 Å². The third kappa shape index (κ3) is 4.39. The number of anilines is 2. The van der Waals surface area contributed by atoms with Crippen LogP contribution >= 0.6 is 0 Å². The number of methoxy groups -OCH3 is 1. The summed E-state index contributed by atoms with van der Waals surface area (Å²) < 4.78 is 5.41. The summed E-state index contributed by atoms with van der Waals surface area (Å²) in [5.74, 6) is 1.35. The first kappa shape index (κ1) is 17.9. The summed E-state index contributed by atoms with van der Waals surface area (Å²) in [5, 5.41) is 25.6. The molecule has 0 spiro atoms. The molecule has 0 radical (unpaired) electrons. The molecule has 2 aliphatic carbocycles. The van der Waals surface area contributed by atoms with Crippen LogP contribution in [0.25, 0.3) is 0 Å². The standard InChI is InChI=1S/C18H27N5O2/c1-25-15-7-5-14(6-8-15)21-18-20-10-13(9-19)17(23-18)22-16-4-2-3-12(16)11-24/h10,12,14-16,24H,2-8,11H2,1H3,(H2,20,21,22,23)/t12-,14-,15-,16?/m1/s1. The van der Waals surface area contributed by atoms with E-state index in [2.05, 4.69) is 26.7 Å². The molecule has 1 aromatic heterocycles. The van der Waals surface area contributed by atoms with Crippen LogP contribution in [0.5, 0.6) is 0 Å². The predicted molar refractivity (Wildman–Crippen MR) is 95.3 cm³/mol. The van der Waals surface area contributed by atoms with E-state index in [0.29, 0.717) is 29.5 Å². The molecule has 0 bridgehead atoms. The van der Waals surface area contributed by atoms with E-state index < -0.39 is 0 Å². The minimum Gasteiger partial charge on any atom is -0.396 e. The van der Waals surface area contributed by atoms with Gasteiger partial charge in [0.2, 0.25) is 5.95 Å². The number of aliphatic hydroxyl groups is 1. The Labute approximate surface area is 148 Å². The first-order chi connectivity index (χ1) is 12.2. The highest BCUT2D eigenvalue weighted by Crippen LogP contribution is 2.29. The monoisotopic (exact) mass is 345 g/mol. The second kappa shape index (κ2) is 8.45. The van der Waals surface area contributed by atoms with Gasteiger partial charge in [0, 0.05) is 31.7 Å². The Bertz CT molecular complexity index is 610. The largest absolute Gasteiger partial charge is 0.396 e. The fourth-order valence-corrected chi connectivity index (χ4v) is 3.89. The van der Waals surface area contributed by atoms with Gasteiger partial charge in [0.25, 0.3) is 0 Å². The van der Waals surface area contributed by atoms with Gasteiger partial charge in [0.15, 0.2) is 0 Å². The molecular weight excluding hydrogens is 318 g/mol. The highest BCUT2D eigenvalue weighted by molar-refractivity contribution is 5.54. The van der Waals surface area contributed by atoms with E-state index in [1.807, 2.05) is 0 Å². The van der Waals surface area contributed by atoms with Gasteiger partial charge in [0.1, 0.15) is 17.5 Å². The lowest BCUT2D eigenvalue weighted by Gasteiger charge is -2.28. The van der Waals surface area contributed by atoms with Gasteiger partial charge in [-0.15, -0.1) is 0 Å². The van der Waals surface area contributed by atoms with Crippen LogP contribution in [0.15, 0.2) is 6.20 Å². The summed E-state index contributed by atoms with van der Waals surface area (Å²) >= 11 is 0. The molecule has 7 nitrogen and oxygen atoms in total. The molecule has 3 rings (SSSR count). The molecule has 1 aromatic rings. The molecule has 136 valence electrons. The van der Waals surface area contributed by atoms with E-state index >= 15 is 0 Å². The summed E-state index contributed by atoms with van der Waals surface area (Å²) in [6.45, 7) is 0.165. The maximum absolute atomic E-state index is 9.49. The number of nitrogens with one attached hydrogen (secondary N) is 2. The molecular formula is C18H27N5O2. The lowest BCUT2D eigenvalue weighted by Crippen LogP contribution is -2.30. The number of aromatic nitrogens is 2. The summed E-state index contributed by atoms with van der Waals surface area (Å²) in [5.41, 5.74) is 0.442. The average Bonchev–Trinajstić information content (AvgIpc) is 3.10. The Balaban J connectivity index is 1.67. The summed E-state index contributed by atoms with van der Waals surface area (Å²) in [7, 11) is 1.77. The average molecular weight is 345 g/mol. The van der Waals surface area contributed by atoms with Crippen LogP contribution in [0, 0.1) is 17.2 Å². The second-order valence-electron chi connectivity index (χ2n) is 7.05. The van der Waals surface area contributed by atoms with Gasteiger partial charge >= 0.3 is 0 Å². The van der Waals surface area contributed by atoms with Gasteiger partial charge in [-0.2, -0.15) is 10.2 Å². The molecule has 0 amide bonds. The van der Waals surface area contributed by atoms with Crippen molar-refractivity contribution in [3.63, 3.8) is 0 Å². The van der Waals surface area contributed by atoms with E-state index in [4.69, 9.17) is 4.74 Å². The molecule has 1 unspecified atom stereocenters. The first-order valence-electron chi connectivity index (χ1n) is 9.17. The van der Waals surface area contributed by atoms with Gasteiger partial charge in [-0.25, -0.2) is 4.98 Å². The van der Waals surface area contributed by atoms with Crippen molar-refractivity contribution >= 4 is 11.8 Å². The van der Waals surface area contributed by atoms with Crippen molar-refractivity contribution in [2.24, 2.45) is 5.92 Å². The van der Waals surface area contributed by atoms with E-state index in [9.17, 15) is 10.4 Å². The zero-order chi connectivity index (χ0) is 17.6. The Morgan fingerprint density at radius 1 is 1.24 bits per heavy atom. The quantitative estimate of drug-likeness (QED) is 0.727. The molecule has 0 aromatic carbocycles. The van der Waals surface area contributed by atoms with Crippen molar-refractivity contribution in [1.29, 1.82) is 5.26 Å².